The number of para-hydroxylation sites is 1. The van der Waals surface area contributed by atoms with Gasteiger partial charge in [-0.15, -0.1) is 0 Å². The van der Waals surface area contributed by atoms with Crippen LogP contribution in [0.15, 0.2) is 35.3 Å². The van der Waals surface area contributed by atoms with Gasteiger partial charge in [-0.2, -0.15) is 5.10 Å². The van der Waals surface area contributed by atoms with Crippen LogP contribution in [0.1, 0.15) is 43.6 Å². The molecule has 0 aliphatic heterocycles. The monoisotopic (exact) mass is 415 g/mol. The van der Waals surface area contributed by atoms with Crippen LogP contribution < -0.4 is 10.6 Å². The highest BCUT2D eigenvalue weighted by atomic mass is 16.5. The van der Waals surface area contributed by atoms with Crippen molar-refractivity contribution in [3.8, 4) is 5.69 Å². The minimum atomic E-state index is 0.565. The van der Waals surface area contributed by atoms with Gasteiger partial charge < -0.3 is 20.1 Å². The van der Waals surface area contributed by atoms with Gasteiger partial charge in [0.05, 0.1) is 37.7 Å². The summed E-state index contributed by atoms with van der Waals surface area (Å²) in [6.07, 6.45) is 2.26. The summed E-state index contributed by atoms with van der Waals surface area (Å²) in [6, 6.07) is 10.3. The van der Waals surface area contributed by atoms with E-state index in [0.717, 1.165) is 54.6 Å². The number of guanidine groups is 1. The molecule has 7 heteroatoms. The Labute approximate surface area is 180 Å². The summed E-state index contributed by atoms with van der Waals surface area (Å²) in [4.78, 5) is 4.75. The summed E-state index contributed by atoms with van der Waals surface area (Å²) < 4.78 is 13.1. The van der Waals surface area contributed by atoms with Gasteiger partial charge in [-0.05, 0) is 44.9 Å². The van der Waals surface area contributed by atoms with Crippen LogP contribution in [-0.4, -0.2) is 55.3 Å². The number of ether oxygens (including phenoxy) is 2. The topological polar surface area (TPSA) is 72.7 Å². The fraction of sp³-hybridized carbons (Fsp3) is 0.565. The first-order valence-electron chi connectivity index (χ1n) is 10.9. The molecule has 2 aromatic rings. The van der Waals surface area contributed by atoms with Crippen molar-refractivity contribution in [1.29, 1.82) is 0 Å². The first kappa shape index (κ1) is 23.9. The van der Waals surface area contributed by atoms with Gasteiger partial charge in [-0.3, -0.25) is 0 Å². The largest absolute Gasteiger partial charge is 0.379 e. The molecule has 0 aliphatic carbocycles. The molecule has 2 N–H and O–H groups in total. The second kappa shape index (κ2) is 13.8. The molecule has 30 heavy (non-hydrogen) atoms. The molecule has 0 aliphatic rings. The fourth-order valence-corrected chi connectivity index (χ4v) is 3.04. The first-order valence-corrected chi connectivity index (χ1v) is 10.9. The molecule has 0 radical (unpaired) electrons. The van der Waals surface area contributed by atoms with Gasteiger partial charge in [0, 0.05) is 25.4 Å². The molecule has 0 unspecified atom stereocenters. The van der Waals surface area contributed by atoms with Crippen LogP contribution in [0.5, 0.6) is 0 Å². The van der Waals surface area contributed by atoms with E-state index in [-0.39, 0.29) is 0 Å². The Morgan fingerprint density at radius 1 is 1.03 bits per heavy atom. The van der Waals surface area contributed by atoms with E-state index in [1.807, 2.05) is 23.7 Å². The molecule has 0 bridgehead atoms. The maximum Gasteiger partial charge on any atom is 0.191 e. The van der Waals surface area contributed by atoms with Gasteiger partial charge in [-0.25, -0.2) is 9.67 Å². The van der Waals surface area contributed by atoms with E-state index in [4.69, 9.17) is 14.5 Å². The number of benzene rings is 1. The molecule has 166 valence electrons. The molecule has 0 amide bonds. The predicted octanol–water partition coefficient (Wildman–Crippen LogP) is 3.38. The van der Waals surface area contributed by atoms with E-state index in [0.29, 0.717) is 32.9 Å². The molecule has 2 rings (SSSR count). The lowest BCUT2D eigenvalue weighted by molar-refractivity contribution is 0.0487. The molecule has 0 saturated heterocycles. The zero-order valence-electron chi connectivity index (χ0n) is 18.9. The molecule has 1 aromatic carbocycles. The molecule has 0 fully saturated rings. The molecule has 0 saturated carbocycles. The van der Waals surface area contributed by atoms with Gasteiger partial charge in [0.15, 0.2) is 5.96 Å². The summed E-state index contributed by atoms with van der Waals surface area (Å²) in [5.74, 6) is 0.781. The van der Waals surface area contributed by atoms with Gasteiger partial charge in [0.25, 0.3) is 0 Å². The Kier molecular flexibility index (Phi) is 11.0. The number of unbranched alkanes of at least 4 members (excludes halogenated alkanes) is 1. The van der Waals surface area contributed by atoms with Crippen molar-refractivity contribution < 1.29 is 9.47 Å². The van der Waals surface area contributed by atoms with Crippen LogP contribution in [0.2, 0.25) is 0 Å². The highest BCUT2D eigenvalue weighted by Gasteiger charge is 2.08. The van der Waals surface area contributed by atoms with E-state index in [9.17, 15) is 0 Å². The first-order chi connectivity index (χ1) is 14.7. The summed E-state index contributed by atoms with van der Waals surface area (Å²) >= 11 is 0. The maximum atomic E-state index is 5.62. The number of aliphatic imine (C=N–C) groups is 1. The number of hydrogen-bond donors (Lipinski definition) is 2. The molecular weight excluding hydrogens is 378 g/mol. The SMILES string of the molecule is CCCCOCCOCCNC(=NCc1ccccc1-n1nc(C)cc1C)NCC. The number of rotatable bonds is 13. The van der Waals surface area contributed by atoms with E-state index >= 15 is 0 Å². The van der Waals surface area contributed by atoms with Crippen LogP contribution in [0.4, 0.5) is 0 Å². The van der Waals surface area contributed by atoms with Crippen LogP contribution in [0, 0.1) is 13.8 Å². The minimum Gasteiger partial charge on any atom is -0.379 e. The second-order valence-electron chi connectivity index (χ2n) is 7.17. The van der Waals surface area contributed by atoms with Crippen molar-refractivity contribution in [2.75, 3.05) is 39.5 Å². The highest BCUT2D eigenvalue weighted by Crippen LogP contribution is 2.17. The summed E-state index contributed by atoms with van der Waals surface area (Å²) in [5.41, 5.74) is 4.32. The van der Waals surface area contributed by atoms with Crippen LogP contribution in [0.3, 0.4) is 0 Å². The number of aromatic nitrogens is 2. The normalized spacial score (nSPS) is 11.7. The Hall–Kier alpha value is -2.38. The van der Waals surface area contributed by atoms with Crippen molar-refractivity contribution >= 4 is 5.96 Å². The Balaban J connectivity index is 1.86. The van der Waals surface area contributed by atoms with Crippen LogP contribution >= 0.6 is 0 Å². The Morgan fingerprint density at radius 2 is 1.80 bits per heavy atom. The van der Waals surface area contributed by atoms with E-state index < -0.39 is 0 Å². The zero-order valence-corrected chi connectivity index (χ0v) is 18.9. The molecule has 0 spiro atoms. The number of nitrogens with one attached hydrogen (secondary N) is 2. The van der Waals surface area contributed by atoms with Crippen molar-refractivity contribution in [3.63, 3.8) is 0 Å². The predicted molar refractivity (Wildman–Crippen MR) is 122 cm³/mol. The van der Waals surface area contributed by atoms with E-state index in [2.05, 4.69) is 54.7 Å². The van der Waals surface area contributed by atoms with Crippen molar-refractivity contribution in [1.82, 2.24) is 20.4 Å². The summed E-state index contributed by atoms with van der Waals surface area (Å²) in [6.45, 7) is 13.1. The van der Waals surface area contributed by atoms with Crippen molar-refractivity contribution in [2.45, 2.75) is 47.1 Å². The third-order valence-electron chi connectivity index (χ3n) is 4.53. The van der Waals surface area contributed by atoms with Gasteiger partial charge >= 0.3 is 0 Å². The third-order valence-corrected chi connectivity index (χ3v) is 4.53. The fourth-order valence-electron chi connectivity index (χ4n) is 3.04. The smallest absolute Gasteiger partial charge is 0.191 e. The third kappa shape index (κ3) is 8.16. The maximum absolute atomic E-state index is 5.62. The standard InChI is InChI=1S/C23H37N5O2/c1-5-7-13-29-15-16-30-14-12-25-23(24-6-2)26-18-21-10-8-9-11-22(21)28-20(4)17-19(3)27-28/h8-11,17H,5-7,12-16,18H2,1-4H3,(H2,24,25,26). The average molecular weight is 416 g/mol. The number of aryl methyl sites for hydroxylation is 2. The molecular formula is C23H37N5O2. The van der Waals surface area contributed by atoms with Gasteiger partial charge in [0.1, 0.15) is 0 Å². The lowest BCUT2D eigenvalue weighted by Crippen LogP contribution is -2.39. The van der Waals surface area contributed by atoms with Crippen molar-refractivity contribution in [2.24, 2.45) is 4.99 Å². The molecule has 0 atom stereocenters. The lowest BCUT2D eigenvalue weighted by atomic mass is 10.2. The van der Waals surface area contributed by atoms with Gasteiger partial charge in [-0.1, -0.05) is 31.5 Å². The Bertz CT molecular complexity index is 773. The molecule has 1 heterocycles. The number of hydrogen-bond acceptors (Lipinski definition) is 4. The van der Waals surface area contributed by atoms with Crippen LogP contribution in [0.25, 0.3) is 5.69 Å². The average Bonchev–Trinajstić information content (AvgIpc) is 3.08. The highest BCUT2D eigenvalue weighted by molar-refractivity contribution is 5.79. The quantitative estimate of drug-likeness (QED) is 0.298. The van der Waals surface area contributed by atoms with Crippen molar-refractivity contribution in [3.05, 3.63) is 47.3 Å². The summed E-state index contributed by atoms with van der Waals surface area (Å²) in [5, 5.41) is 11.2. The summed E-state index contributed by atoms with van der Waals surface area (Å²) in [7, 11) is 0. The molecule has 7 nitrogen and oxygen atoms in total. The van der Waals surface area contributed by atoms with E-state index in [1.54, 1.807) is 0 Å². The minimum absolute atomic E-state index is 0.565. The van der Waals surface area contributed by atoms with E-state index in [1.165, 1.54) is 0 Å². The zero-order chi connectivity index (χ0) is 21.6. The lowest BCUT2D eigenvalue weighted by Gasteiger charge is -2.13. The second-order valence-corrected chi connectivity index (χ2v) is 7.17. The van der Waals surface area contributed by atoms with Gasteiger partial charge in [0.2, 0.25) is 0 Å². The Morgan fingerprint density at radius 3 is 2.50 bits per heavy atom. The number of nitrogens with zero attached hydrogens (tertiary/aromatic N) is 3. The van der Waals surface area contributed by atoms with Crippen LogP contribution in [-0.2, 0) is 16.0 Å². The molecule has 1 aromatic heterocycles.